The van der Waals surface area contributed by atoms with Gasteiger partial charge in [-0.1, -0.05) is 6.92 Å². The van der Waals surface area contributed by atoms with Gasteiger partial charge in [0.15, 0.2) is 0 Å². The van der Waals surface area contributed by atoms with Crippen molar-refractivity contribution in [3.05, 3.63) is 17.5 Å². The molecule has 0 bridgehead atoms. The summed E-state index contributed by atoms with van der Waals surface area (Å²) in [5, 5.41) is 15.8. The van der Waals surface area contributed by atoms with E-state index in [-0.39, 0.29) is 0 Å². The maximum absolute atomic E-state index is 11.8. The van der Waals surface area contributed by atoms with E-state index >= 15 is 0 Å². The van der Waals surface area contributed by atoms with Crippen LogP contribution in [0.2, 0.25) is 0 Å². The molecule has 1 aromatic rings. The molecule has 0 spiro atoms. The third-order valence-electron chi connectivity index (χ3n) is 2.87. The van der Waals surface area contributed by atoms with Gasteiger partial charge >= 0.3 is 5.97 Å². The fourth-order valence-corrected chi connectivity index (χ4v) is 1.52. The summed E-state index contributed by atoms with van der Waals surface area (Å²) in [5.74, 6) is -1.64. The number of carbonyl (C=O) groups is 2. The van der Waals surface area contributed by atoms with Crippen LogP contribution in [0.5, 0.6) is 0 Å². The number of aromatic nitrogens is 2. The quantitative estimate of drug-likeness (QED) is 0.757. The number of carboxylic acids is 1. The normalized spacial score (nSPS) is 11.3. The summed E-state index contributed by atoms with van der Waals surface area (Å²) in [6.07, 6.45) is 2.60. The van der Waals surface area contributed by atoms with Crippen LogP contribution in [0.4, 0.5) is 0 Å². The second kappa shape index (κ2) is 5.20. The summed E-state index contributed by atoms with van der Waals surface area (Å²) in [5.41, 5.74) is 0.398. The Labute approximate surface area is 106 Å². The average Bonchev–Trinajstić information content (AvgIpc) is 2.66. The lowest BCUT2D eigenvalue weighted by Gasteiger charge is -2.18. The van der Waals surface area contributed by atoms with Gasteiger partial charge in [0, 0.05) is 25.4 Å². The lowest BCUT2D eigenvalue weighted by molar-refractivity contribution is -0.153. The van der Waals surface area contributed by atoms with Crippen LogP contribution in [-0.2, 0) is 29.6 Å². The molecule has 0 aromatic carbocycles. The van der Waals surface area contributed by atoms with Gasteiger partial charge in [-0.25, -0.2) is 0 Å². The van der Waals surface area contributed by atoms with Gasteiger partial charge in [0.2, 0.25) is 5.91 Å². The van der Waals surface area contributed by atoms with Crippen molar-refractivity contribution in [2.24, 2.45) is 12.5 Å². The van der Waals surface area contributed by atoms with Crippen LogP contribution >= 0.6 is 0 Å². The standard InChI is InChI=1S/C12H19N3O3/c1-5-9-8(7-15(4)14-9)6-13-10(16)12(2,3)11(17)18/h7H,5-6H2,1-4H3,(H,13,16)(H,17,18). The Kier molecular flexibility index (Phi) is 4.11. The molecule has 0 aliphatic carbocycles. The highest BCUT2D eigenvalue weighted by molar-refractivity contribution is 6.00. The number of hydrogen-bond acceptors (Lipinski definition) is 3. The van der Waals surface area contributed by atoms with E-state index in [1.807, 2.05) is 20.2 Å². The maximum atomic E-state index is 11.8. The van der Waals surface area contributed by atoms with E-state index in [0.717, 1.165) is 17.7 Å². The van der Waals surface area contributed by atoms with Crippen molar-refractivity contribution in [1.29, 1.82) is 0 Å². The van der Waals surface area contributed by atoms with Gasteiger partial charge in [0.1, 0.15) is 5.41 Å². The van der Waals surface area contributed by atoms with Gasteiger partial charge in [-0.15, -0.1) is 0 Å². The van der Waals surface area contributed by atoms with E-state index in [0.29, 0.717) is 6.54 Å². The summed E-state index contributed by atoms with van der Waals surface area (Å²) in [6.45, 7) is 5.05. The van der Waals surface area contributed by atoms with E-state index in [1.54, 1.807) is 4.68 Å². The molecule has 0 aliphatic heterocycles. The first-order chi connectivity index (χ1) is 8.28. The number of carbonyl (C=O) groups excluding carboxylic acids is 1. The van der Waals surface area contributed by atoms with Gasteiger partial charge in [0.25, 0.3) is 0 Å². The van der Waals surface area contributed by atoms with E-state index in [2.05, 4.69) is 10.4 Å². The molecule has 0 saturated carbocycles. The number of aryl methyl sites for hydroxylation is 2. The molecule has 1 heterocycles. The fourth-order valence-electron chi connectivity index (χ4n) is 1.52. The number of carboxylic acid groups (broad SMARTS) is 1. The molecule has 6 heteroatoms. The smallest absolute Gasteiger partial charge is 0.318 e. The minimum absolute atomic E-state index is 0.298. The van der Waals surface area contributed by atoms with Crippen molar-refractivity contribution in [2.75, 3.05) is 0 Å². The lowest BCUT2D eigenvalue weighted by Crippen LogP contribution is -2.42. The van der Waals surface area contributed by atoms with Crippen LogP contribution in [-0.4, -0.2) is 26.8 Å². The second-order valence-electron chi connectivity index (χ2n) is 4.74. The highest BCUT2D eigenvalue weighted by Gasteiger charge is 2.35. The first-order valence-corrected chi connectivity index (χ1v) is 5.82. The predicted octanol–water partition coefficient (Wildman–Crippen LogP) is 0.709. The van der Waals surface area contributed by atoms with Crippen molar-refractivity contribution in [2.45, 2.75) is 33.7 Å². The summed E-state index contributed by atoms with van der Waals surface area (Å²) >= 11 is 0. The molecule has 1 rings (SSSR count). The highest BCUT2D eigenvalue weighted by Crippen LogP contribution is 2.16. The highest BCUT2D eigenvalue weighted by atomic mass is 16.4. The van der Waals surface area contributed by atoms with E-state index < -0.39 is 17.3 Å². The van der Waals surface area contributed by atoms with Crippen LogP contribution < -0.4 is 5.32 Å². The number of nitrogens with one attached hydrogen (secondary N) is 1. The molecule has 0 unspecified atom stereocenters. The molecule has 0 fully saturated rings. The average molecular weight is 253 g/mol. The summed E-state index contributed by atoms with van der Waals surface area (Å²) in [6, 6.07) is 0. The Bertz CT molecular complexity index is 463. The molecule has 6 nitrogen and oxygen atoms in total. The predicted molar refractivity (Wildman–Crippen MR) is 65.8 cm³/mol. The van der Waals surface area contributed by atoms with Gasteiger partial charge in [-0.2, -0.15) is 5.10 Å². The van der Waals surface area contributed by atoms with Crippen LogP contribution in [0.15, 0.2) is 6.20 Å². The van der Waals surface area contributed by atoms with E-state index in [1.165, 1.54) is 13.8 Å². The SMILES string of the molecule is CCc1nn(C)cc1CNC(=O)C(C)(C)C(=O)O. The van der Waals surface area contributed by atoms with Crippen molar-refractivity contribution >= 4 is 11.9 Å². The van der Waals surface area contributed by atoms with Crippen molar-refractivity contribution < 1.29 is 14.7 Å². The van der Waals surface area contributed by atoms with Gasteiger partial charge < -0.3 is 10.4 Å². The number of nitrogens with zero attached hydrogens (tertiary/aromatic N) is 2. The molecule has 0 atom stereocenters. The van der Waals surface area contributed by atoms with Crippen LogP contribution in [0.3, 0.4) is 0 Å². The number of aliphatic carboxylic acids is 1. The molecule has 0 aliphatic rings. The zero-order valence-electron chi connectivity index (χ0n) is 11.1. The number of rotatable bonds is 5. The summed E-state index contributed by atoms with van der Waals surface area (Å²) < 4.78 is 1.68. The first-order valence-electron chi connectivity index (χ1n) is 5.82. The van der Waals surface area contributed by atoms with Crippen molar-refractivity contribution in [3.63, 3.8) is 0 Å². The van der Waals surface area contributed by atoms with Crippen LogP contribution in [0, 0.1) is 5.41 Å². The fraction of sp³-hybridized carbons (Fsp3) is 0.583. The first kappa shape index (κ1) is 14.2. The molecule has 0 radical (unpaired) electrons. The molecule has 1 amide bonds. The second-order valence-corrected chi connectivity index (χ2v) is 4.74. The Hall–Kier alpha value is -1.85. The zero-order chi connectivity index (χ0) is 13.9. The third kappa shape index (κ3) is 2.88. The molecular weight excluding hydrogens is 234 g/mol. The Morgan fingerprint density at radius 3 is 2.61 bits per heavy atom. The minimum atomic E-state index is -1.42. The Morgan fingerprint density at radius 2 is 2.11 bits per heavy atom. The van der Waals surface area contributed by atoms with Gasteiger partial charge in [-0.05, 0) is 20.3 Å². The number of hydrogen-bond donors (Lipinski definition) is 2. The van der Waals surface area contributed by atoms with Gasteiger partial charge in [-0.3, -0.25) is 14.3 Å². The Morgan fingerprint density at radius 1 is 1.50 bits per heavy atom. The monoisotopic (exact) mass is 253 g/mol. The molecule has 100 valence electrons. The molecule has 18 heavy (non-hydrogen) atoms. The number of amides is 1. The molecule has 1 aromatic heterocycles. The van der Waals surface area contributed by atoms with Crippen molar-refractivity contribution in [1.82, 2.24) is 15.1 Å². The summed E-state index contributed by atoms with van der Waals surface area (Å²) in [4.78, 5) is 22.7. The van der Waals surface area contributed by atoms with Crippen LogP contribution in [0.1, 0.15) is 32.0 Å². The van der Waals surface area contributed by atoms with Crippen LogP contribution in [0.25, 0.3) is 0 Å². The molecular formula is C12H19N3O3. The summed E-state index contributed by atoms with van der Waals surface area (Å²) in [7, 11) is 1.81. The third-order valence-corrected chi connectivity index (χ3v) is 2.87. The van der Waals surface area contributed by atoms with Crippen molar-refractivity contribution in [3.8, 4) is 0 Å². The van der Waals surface area contributed by atoms with E-state index in [4.69, 9.17) is 5.11 Å². The lowest BCUT2D eigenvalue weighted by atomic mass is 9.92. The van der Waals surface area contributed by atoms with Gasteiger partial charge in [0.05, 0.1) is 5.69 Å². The molecule has 2 N–H and O–H groups in total. The topological polar surface area (TPSA) is 84.2 Å². The minimum Gasteiger partial charge on any atom is -0.480 e. The molecule has 0 saturated heterocycles. The largest absolute Gasteiger partial charge is 0.480 e. The maximum Gasteiger partial charge on any atom is 0.318 e. The zero-order valence-corrected chi connectivity index (χ0v) is 11.1. The van der Waals surface area contributed by atoms with E-state index in [9.17, 15) is 9.59 Å². The Balaban J connectivity index is 2.71.